The molecule has 138 valence electrons. The van der Waals surface area contributed by atoms with E-state index in [9.17, 15) is 4.79 Å². The van der Waals surface area contributed by atoms with Crippen LogP contribution in [0.15, 0.2) is 45.6 Å². The zero-order valence-corrected chi connectivity index (χ0v) is 16.2. The lowest BCUT2D eigenvalue weighted by molar-refractivity contribution is 0.155. The summed E-state index contributed by atoms with van der Waals surface area (Å²) in [5, 5.41) is 10.9. The van der Waals surface area contributed by atoms with Crippen LogP contribution in [0.5, 0.6) is 0 Å². The molecule has 3 N–H and O–H groups in total. The minimum atomic E-state index is -0.884. The fraction of sp³-hybridized carbons (Fsp3) is 0.333. The molecule has 0 saturated heterocycles. The number of thioether (sulfide) groups is 1. The fourth-order valence-electron chi connectivity index (χ4n) is 2.78. The first-order valence-electron chi connectivity index (χ1n) is 8.38. The highest BCUT2D eigenvalue weighted by Crippen LogP contribution is 2.37. The molecule has 6 nitrogen and oxygen atoms in total. The van der Waals surface area contributed by atoms with Crippen molar-refractivity contribution in [2.24, 2.45) is 10.7 Å². The van der Waals surface area contributed by atoms with E-state index >= 15 is 0 Å². The number of hydrogen-bond acceptors (Lipinski definition) is 5. The molecule has 0 aliphatic carbocycles. The largest absolute Gasteiger partial charge is 0.465 e. The Hall–Kier alpha value is -2.19. The molecule has 0 fully saturated rings. The zero-order valence-electron chi connectivity index (χ0n) is 14.6. The molecule has 0 bridgehead atoms. The molecule has 1 aromatic carbocycles. The number of nitrogens with zero attached hydrogens (tertiary/aromatic N) is 3. The van der Waals surface area contributed by atoms with Crippen molar-refractivity contribution in [1.82, 2.24) is 4.90 Å². The second-order valence-corrected chi connectivity index (χ2v) is 8.10. The van der Waals surface area contributed by atoms with Gasteiger partial charge in [0.15, 0.2) is 0 Å². The monoisotopic (exact) mass is 390 g/mol. The number of amidine groups is 1. The first-order chi connectivity index (χ1) is 12.5. The fourth-order valence-corrected chi connectivity index (χ4v) is 4.49. The maximum absolute atomic E-state index is 10.9. The summed E-state index contributed by atoms with van der Waals surface area (Å²) in [7, 11) is 1.60. The van der Waals surface area contributed by atoms with Crippen LogP contribution in [0.1, 0.15) is 11.3 Å². The van der Waals surface area contributed by atoms with Crippen molar-refractivity contribution in [3.63, 3.8) is 0 Å². The Morgan fingerprint density at radius 3 is 3.00 bits per heavy atom. The highest BCUT2D eigenvalue weighted by Gasteiger charge is 2.18. The normalized spacial score (nSPS) is 14.2. The Bertz CT molecular complexity index is 792. The molecule has 1 aliphatic rings. The lowest BCUT2D eigenvalue weighted by Gasteiger charge is -2.31. The van der Waals surface area contributed by atoms with Crippen molar-refractivity contribution >= 4 is 46.4 Å². The van der Waals surface area contributed by atoms with Gasteiger partial charge in [-0.05, 0) is 36.1 Å². The number of benzene rings is 1. The number of aliphatic imine (C=N–C) groups is 1. The number of hydrogen-bond donors (Lipinski definition) is 2. The van der Waals surface area contributed by atoms with Gasteiger partial charge < -0.3 is 20.6 Å². The van der Waals surface area contributed by atoms with E-state index in [0.717, 1.165) is 35.8 Å². The number of rotatable bonds is 6. The van der Waals surface area contributed by atoms with Gasteiger partial charge >= 0.3 is 6.09 Å². The lowest BCUT2D eigenvalue weighted by Crippen LogP contribution is -2.33. The SMILES string of the molecule is CN(CCCN1CCSc2cc(N=C(N)c3cccs3)ccc21)C(=O)O. The Balaban J connectivity index is 1.69. The second-order valence-electron chi connectivity index (χ2n) is 6.02. The van der Waals surface area contributed by atoms with Crippen LogP contribution in [0.2, 0.25) is 0 Å². The zero-order chi connectivity index (χ0) is 18.5. The summed E-state index contributed by atoms with van der Waals surface area (Å²) in [6, 6.07) is 10.1. The number of carboxylic acid groups (broad SMARTS) is 1. The van der Waals surface area contributed by atoms with Gasteiger partial charge in [-0.15, -0.1) is 23.1 Å². The molecule has 1 amide bonds. The molecule has 8 heteroatoms. The molecular weight excluding hydrogens is 368 g/mol. The molecule has 0 unspecified atom stereocenters. The summed E-state index contributed by atoms with van der Waals surface area (Å²) >= 11 is 3.40. The summed E-state index contributed by atoms with van der Waals surface area (Å²) in [4.78, 5) is 21.2. The first kappa shape index (κ1) is 18.6. The van der Waals surface area contributed by atoms with E-state index < -0.39 is 6.09 Å². The third kappa shape index (κ3) is 4.50. The van der Waals surface area contributed by atoms with Gasteiger partial charge in [0.1, 0.15) is 5.84 Å². The molecule has 1 aromatic heterocycles. The summed E-state index contributed by atoms with van der Waals surface area (Å²) in [6.45, 7) is 2.34. The second kappa shape index (κ2) is 8.46. The lowest BCUT2D eigenvalue weighted by atomic mass is 10.2. The van der Waals surface area contributed by atoms with Gasteiger partial charge in [0.05, 0.1) is 16.3 Å². The Labute approximate surface area is 161 Å². The van der Waals surface area contributed by atoms with Crippen molar-refractivity contribution in [3.8, 4) is 0 Å². The van der Waals surface area contributed by atoms with Crippen LogP contribution in [0.4, 0.5) is 16.2 Å². The van der Waals surface area contributed by atoms with Crippen LogP contribution >= 0.6 is 23.1 Å². The summed E-state index contributed by atoms with van der Waals surface area (Å²) in [6.07, 6.45) is -0.0802. The van der Waals surface area contributed by atoms with Crippen LogP contribution < -0.4 is 10.6 Å². The van der Waals surface area contributed by atoms with Crippen molar-refractivity contribution in [3.05, 3.63) is 40.6 Å². The van der Waals surface area contributed by atoms with E-state index in [1.165, 1.54) is 15.5 Å². The van der Waals surface area contributed by atoms with Crippen molar-refractivity contribution in [2.75, 3.05) is 37.3 Å². The molecule has 26 heavy (non-hydrogen) atoms. The Kier molecular flexibility index (Phi) is 6.05. The predicted octanol–water partition coefficient (Wildman–Crippen LogP) is 3.70. The van der Waals surface area contributed by atoms with Gasteiger partial charge in [-0.3, -0.25) is 0 Å². The number of carbonyl (C=O) groups is 1. The van der Waals surface area contributed by atoms with E-state index in [4.69, 9.17) is 10.8 Å². The van der Waals surface area contributed by atoms with Gasteiger partial charge in [0.25, 0.3) is 0 Å². The van der Waals surface area contributed by atoms with Crippen LogP contribution in [0.25, 0.3) is 0 Å². The van der Waals surface area contributed by atoms with Crippen LogP contribution in [-0.2, 0) is 0 Å². The first-order valence-corrected chi connectivity index (χ1v) is 10.2. The predicted molar refractivity (Wildman–Crippen MR) is 109 cm³/mol. The Morgan fingerprint density at radius 2 is 2.27 bits per heavy atom. The molecule has 1 aliphatic heterocycles. The number of fused-ring (bicyclic) bond motifs is 1. The number of anilines is 1. The van der Waals surface area contributed by atoms with Crippen molar-refractivity contribution in [2.45, 2.75) is 11.3 Å². The maximum atomic E-state index is 10.9. The summed E-state index contributed by atoms with van der Waals surface area (Å²) < 4.78 is 0. The van der Waals surface area contributed by atoms with Crippen molar-refractivity contribution in [1.29, 1.82) is 0 Å². The molecule has 2 heterocycles. The minimum absolute atomic E-state index is 0.536. The topological polar surface area (TPSA) is 82.2 Å². The smallest absolute Gasteiger partial charge is 0.407 e. The third-order valence-electron chi connectivity index (χ3n) is 4.17. The molecule has 0 saturated carbocycles. The summed E-state index contributed by atoms with van der Waals surface area (Å²) in [5.41, 5.74) is 8.13. The quantitative estimate of drug-likeness (QED) is 0.581. The van der Waals surface area contributed by atoms with E-state index in [2.05, 4.69) is 22.0 Å². The molecule has 2 aromatic rings. The number of amides is 1. The highest BCUT2D eigenvalue weighted by atomic mass is 32.2. The Morgan fingerprint density at radius 1 is 1.42 bits per heavy atom. The van der Waals surface area contributed by atoms with E-state index in [-0.39, 0.29) is 0 Å². The number of thiophene rings is 1. The summed E-state index contributed by atoms with van der Waals surface area (Å²) in [5.74, 6) is 1.55. The van der Waals surface area contributed by atoms with Crippen LogP contribution in [0, 0.1) is 0 Å². The van der Waals surface area contributed by atoms with E-state index in [1.807, 2.05) is 35.3 Å². The molecule has 0 atom stereocenters. The van der Waals surface area contributed by atoms with Gasteiger partial charge in [-0.2, -0.15) is 0 Å². The third-order valence-corrected chi connectivity index (χ3v) is 6.09. The molecule has 0 spiro atoms. The van der Waals surface area contributed by atoms with Crippen LogP contribution in [0.3, 0.4) is 0 Å². The minimum Gasteiger partial charge on any atom is -0.465 e. The van der Waals surface area contributed by atoms with Gasteiger partial charge in [-0.1, -0.05) is 6.07 Å². The van der Waals surface area contributed by atoms with Crippen molar-refractivity contribution < 1.29 is 9.90 Å². The highest BCUT2D eigenvalue weighted by molar-refractivity contribution is 7.99. The van der Waals surface area contributed by atoms with Gasteiger partial charge in [0, 0.05) is 37.3 Å². The van der Waals surface area contributed by atoms with Crippen LogP contribution in [-0.4, -0.2) is 54.4 Å². The van der Waals surface area contributed by atoms with E-state index in [1.54, 1.807) is 18.4 Å². The molecule has 0 radical (unpaired) electrons. The molecule has 3 rings (SSSR count). The van der Waals surface area contributed by atoms with Gasteiger partial charge in [-0.25, -0.2) is 9.79 Å². The standard InChI is InChI=1S/C18H22N4O2S2/c1-21(18(23)24)7-3-8-22-9-11-26-16-12-13(5-6-14(16)22)20-17(19)15-4-2-10-25-15/h2,4-6,10,12H,3,7-9,11H2,1H3,(H2,19,20)(H,23,24). The molecular formula is C18H22N4O2S2. The number of nitrogens with two attached hydrogens (primary N) is 1. The maximum Gasteiger partial charge on any atom is 0.407 e. The van der Waals surface area contributed by atoms with E-state index in [0.29, 0.717) is 12.4 Å². The average molecular weight is 391 g/mol. The van der Waals surface area contributed by atoms with Gasteiger partial charge in [0.2, 0.25) is 0 Å². The average Bonchev–Trinajstić information content (AvgIpc) is 3.16.